The standard InChI is InChI=1S/C11H23N3/c1-5-12-10-13-6-8-14(9-7-13)11(2,3)4/h5,12H,1,6-10H2,2-4H3. The van der Waals surface area contributed by atoms with Gasteiger partial charge in [-0.15, -0.1) is 0 Å². The topological polar surface area (TPSA) is 18.5 Å². The summed E-state index contributed by atoms with van der Waals surface area (Å²) in [6.07, 6.45) is 1.76. The lowest BCUT2D eigenvalue weighted by atomic mass is 10.1. The Morgan fingerprint density at radius 2 is 1.79 bits per heavy atom. The van der Waals surface area contributed by atoms with E-state index in [1.54, 1.807) is 6.20 Å². The van der Waals surface area contributed by atoms with Gasteiger partial charge in [-0.1, -0.05) is 6.58 Å². The van der Waals surface area contributed by atoms with Crippen LogP contribution in [0.1, 0.15) is 20.8 Å². The van der Waals surface area contributed by atoms with Crippen LogP contribution in [0.2, 0.25) is 0 Å². The van der Waals surface area contributed by atoms with E-state index in [9.17, 15) is 0 Å². The van der Waals surface area contributed by atoms with Crippen molar-refractivity contribution in [2.24, 2.45) is 0 Å². The van der Waals surface area contributed by atoms with Crippen LogP contribution in [0.5, 0.6) is 0 Å². The van der Waals surface area contributed by atoms with Gasteiger partial charge in [0.05, 0.1) is 6.67 Å². The minimum Gasteiger partial charge on any atom is -0.379 e. The summed E-state index contributed by atoms with van der Waals surface area (Å²) in [5.74, 6) is 0. The van der Waals surface area contributed by atoms with E-state index in [0.29, 0.717) is 5.54 Å². The molecule has 14 heavy (non-hydrogen) atoms. The number of nitrogens with zero attached hydrogens (tertiary/aromatic N) is 2. The molecule has 0 bridgehead atoms. The molecule has 0 aromatic rings. The van der Waals surface area contributed by atoms with Gasteiger partial charge >= 0.3 is 0 Å². The van der Waals surface area contributed by atoms with E-state index in [0.717, 1.165) is 19.8 Å². The van der Waals surface area contributed by atoms with Gasteiger partial charge in [-0.05, 0) is 27.0 Å². The summed E-state index contributed by atoms with van der Waals surface area (Å²) in [4.78, 5) is 4.96. The molecular weight excluding hydrogens is 174 g/mol. The number of piperazine rings is 1. The lowest BCUT2D eigenvalue weighted by Gasteiger charge is -2.42. The van der Waals surface area contributed by atoms with Gasteiger partial charge in [0.1, 0.15) is 0 Å². The fraction of sp³-hybridized carbons (Fsp3) is 0.818. The predicted molar refractivity (Wildman–Crippen MR) is 61.1 cm³/mol. The normalized spacial score (nSPS) is 20.8. The van der Waals surface area contributed by atoms with Crippen LogP contribution in [-0.2, 0) is 0 Å². The van der Waals surface area contributed by atoms with Crippen molar-refractivity contribution in [1.29, 1.82) is 0 Å². The molecule has 82 valence electrons. The van der Waals surface area contributed by atoms with Crippen LogP contribution in [0.3, 0.4) is 0 Å². The molecule has 1 N–H and O–H groups in total. The fourth-order valence-corrected chi connectivity index (χ4v) is 1.77. The van der Waals surface area contributed by atoms with Gasteiger partial charge in [-0.3, -0.25) is 9.80 Å². The minimum absolute atomic E-state index is 0.317. The van der Waals surface area contributed by atoms with Crippen LogP contribution in [0.25, 0.3) is 0 Å². The molecular formula is C11H23N3. The van der Waals surface area contributed by atoms with Crippen LogP contribution in [0, 0.1) is 0 Å². The lowest BCUT2D eigenvalue weighted by molar-refractivity contribution is 0.0606. The summed E-state index contributed by atoms with van der Waals surface area (Å²) in [5, 5.41) is 3.14. The summed E-state index contributed by atoms with van der Waals surface area (Å²) in [6, 6.07) is 0. The first-order valence-corrected chi connectivity index (χ1v) is 5.36. The van der Waals surface area contributed by atoms with Crippen LogP contribution in [0.4, 0.5) is 0 Å². The third-order valence-corrected chi connectivity index (χ3v) is 2.78. The zero-order valence-corrected chi connectivity index (χ0v) is 9.71. The zero-order valence-electron chi connectivity index (χ0n) is 9.71. The van der Waals surface area contributed by atoms with Crippen molar-refractivity contribution in [3.05, 3.63) is 12.8 Å². The molecule has 0 spiro atoms. The molecule has 1 rings (SSSR count). The van der Waals surface area contributed by atoms with Crippen molar-refractivity contribution in [1.82, 2.24) is 15.1 Å². The van der Waals surface area contributed by atoms with Gasteiger partial charge in [0.15, 0.2) is 0 Å². The molecule has 0 aliphatic carbocycles. The van der Waals surface area contributed by atoms with E-state index in [1.807, 2.05) is 0 Å². The van der Waals surface area contributed by atoms with Crippen molar-refractivity contribution in [3.63, 3.8) is 0 Å². The van der Waals surface area contributed by atoms with E-state index in [4.69, 9.17) is 0 Å². The Balaban J connectivity index is 2.27. The Bertz CT molecular complexity index is 175. The Labute approximate surface area is 87.8 Å². The Kier molecular flexibility index (Phi) is 3.96. The molecule has 1 aliphatic rings. The predicted octanol–water partition coefficient (Wildman–Crippen LogP) is 1.09. The highest BCUT2D eigenvalue weighted by atomic mass is 15.3. The van der Waals surface area contributed by atoms with E-state index >= 15 is 0 Å². The number of hydrogen-bond acceptors (Lipinski definition) is 3. The van der Waals surface area contributed by atoms with Crippen molar-refractivity contribution in [2.45, 2.75) is 26.3 Å². The minimum atomic E-state index is 0.317. The molecule has 3 nitrogen and oxygen atoms in total. The molecule has 0 radical (unpaired) electrons. The highest BCUT2D eigenvalue weighted by Gasteiger charge is 2.25. The quantitative estimate of drug-likeness (QED) is 0.731. The Hall–Kier alpha value is -0.540. The maximum Gasteiger partial charge on any atom is 0.0673 e. The second kappa shape index (κ2) is 4.80. The zero-order chi connectivity index (χ0) is 10.6. The fourth-order valence-electron chi connectivity index (χ4n) is 1.77. The molecule has 1 fully saturated rings. The third kappa shape index (κ3) is 3.31. The molecule has 0 amide bonds. The van der Waals surface area contributed by atoms with Crippen LogP contribution in [-0.4, -0.2) is 48.2 Å². The Morgan fingerprint density at radius 3 is 2.21 bits per heavy atom. The van der Waals surface area contributed by atoms with E-state index in [2.05, 4.69) is 42.5 Å². The summed E-state index contributed by atoms with van der Waals surface area (Å²) < 4.78 is 0. The summed E-state index contributed by atoms with van der Waals surface area (Å²) in [5.41, 5.74) is 0.317. The van der Waals surface area contributed by atoms with Gasteiger partial charge in [0.2, 0.25) is 0 Å². The van der Waals surface area contributed by atoms with Gasteiger partial charge < -0.3 is 5.32 Å². The third-order valence-electron chi connectivity index (χ3n) is 2.78. The van der Waals surface area contributed by atoms with Crippen molar-refractivity contribution in [2.75, 3.05) is 32.8 Å². The van der Waals surface area contributed by atoms with E-state index in [1.165, 1.54) is 13.1 Å². The van der Waals surface area contributed by atoms with Crippen molar-refractivity contribution in [3.8, 4) is 0 Å². The van der Waals surface area contributed by atoms with Gasteiger partial charge in [0.25, 0.3) is 0 Å². The van der Waals surface area contributed by atoms with Crippen LogP contribution >= 0.6 is 0 Å². The SMILES string of the molecule is C=CNCN1CCN(C(C)(C)C)CC1. The maximum absolute atomic E-state index is 3.65. The molecule has 3 heteroatoms. The second-order valence-corrected chi connectivity index (χ2v) is 4.84. The average Bonchev–Trinajstić information content (AvgIpc) is 2.14. The number of hydrogen-bond donors (Lipinski definition) is 1. The second-order valence-electron chi connectivity index (χ2n) is 4.84. The Morgan fingerprint density at radius 1 is 1.21 bits per heavy atom. The molecule has 1 heterocycles. The first kappa shape index (κ1) is 11.5. The smallest absolute Gasteiger partial charge is 0.0673 e. The van der Waals surface area contributed by atoms with Crippen LogP contribution in [0.15, 0.2) is 12.8 Å². The largest absolute Gasteiger partial charge is 0.379 e. The summed E-state index contributed by atoms with van der Waals surface area (Å²) >= 11 is 0. The molecule has 1 aliphatic heterocycles. The summed E-state index contributed by atoms with van der Waals surface area (Å²) in [6.45, 7) is 16.1. The van der Waals surface area contributed by atoms with Crippen molar-refractivity contribution < 1.29 is 0 Å². The van der Waals surface area contributed by atoms with Gasteiger partial charge in [-0.2, -0.15) is 0 Å². The average molecular weight is 197 g/mol. The lowest BCUT2D eigenvalue weighted by Crippen LogP contribution is -2.54. The maximum atomic E-state index is 3.65. The summed E-state index contributed by atoms with van der Waals surface area (Å²) in [7, 11) is 0. The molecule has 0 atom stereocenters. The van der Waals surface area contributed by atoms with Gasteiger partial charge in [0, 0.05) is 31.7 Å². The molecule has 0 aromatic carbocycles. The molecule has 0 unspecified atom stereocenters. The highest BCUT2D eigenvalue weighted by Crippen LogP contribution is 2.15. The van der Waals surface area contributed by atoms with Crippen molar-refractivity contribution >= 4 is 0 Å². The molecule has 0 saturated carbocycles. The number of rotatable bonds is 3. The van der Waals surface area contributed by atoms with Crippen LogP contribution < -0.4 is 5.32 Å². The van der Waals surface area contributed by atoms with Gasteiger partial charge in [-0.25, -0.2) is 0 Å². The first-order valence-electron chi connectivity index (χ1n) is 5.36. The monoisotopic (exact) mass is 197 g/mol. The molecule has 1 saturated heterocycles. The highest BCUT2D eigenvalue weighted by molar-refractivity contribution is 4.81. The van der Waals surface area contributed by atoms with E-state index < -0.39 is 0 Å². The first-order chi connectivity index (χ1) is 6.54. The number of nitrogens with one attached hydrogen (secondary N) is 1. The molecule has 0 aromatic heterocycles. The van der Waals surface area contributed by atoms with E-state index in [-0.39, 0.29) is 0 Å².